The molecule has 26 heavy (non-hydrogen) atoms. The molecule has 1 saturated heterocycles. The summed E-state index contributed by atoms with van der Waals surface area (Å²) in [5.74, 6) is 0. The first-order chi connectivity index (χ1) is 11.9. The maximum Gasteiger partial charge on any atom is 0.469 e. The van der Waals surface area contributed by atoms with E-state index < -0.39 is 50.6 Å². The van der Waals surface area contributed by atoms with Crippen molar-refractivity contribution in [2.45, 2.75) is 38.7 Å². The number of nitrogens with one attached hydrogen (secondary N) is 1. The van der Waals surface area contributed by atoms with Crippen LogP contribution in [0, 0.1) is 6.92 Å². The van der Waals surface area contributed by atoms with Gasteiger partial charge >= 0.3 is 13.5 Å². The Morgan fingerprint density at radius 2 is 2.08 bits per heavy atom. The van der Waals surface area contributed by atoms with Crippen molar-refractivity contribution in [3.63, 3.8) is 0 Å². The monoisotopic (exact) mass is 430 g/mol. The zero-order valence-corrected chi connectivity index (χ0v) is 16.6. The number of ether oxygens (including phenoxy) is 1. The number of phosphoric ester groups is 1. The van der Waals surface area contributed by atoms with Gasteiger partial charge in [0, 0.05) is 24.3 Å². The van der Waals surface area contributed by atoms with Crippen LogP contribution < -0.4 is 11.2 Å². The predicted octanol–water partition coefficient (Wildman–Crippen LogP) is -0.0513. The summed E-state index contributed by atoms with van der Waals surface area (Å²) in [6, 6.07) is 0. The quantitative estimate of drug-likeness (QED) is 0.432. The lowest BCUT2D eigenvalue weighted by molar-refractivity contribution is -0.0474. The van der Waals surface area contributed by atoms with Crippen molar-refractivity contribution in [2.24, 2.45) is 0 Å². The highest BCUT2D eigenvalue weighted by Crippen LogP contribution is 2.48. The molecule has 4 atom stereocenters. The van der Waals surface area contributed by atoms with E-state index in [-0.39, 0.29) is 18.1 Å². The highest BCUT2D eigenvalue weighted by Gasteiger charge is 2.41. The molecule has 1 fully saturated rings. The van der Waals surface area contributed by atoms with Crippen LogP contribution in [0.1, 0.15) is 25.1 Å². The van der Waals surface area contributed by atoms with Gasteiger partial charge in [-0.2, -0.15) is 0 Å². The Kier molecular flexibility index (Phi) is 6.76. The lowest BCUT2D eigenvalue weighted by Gasteiger charge is -2.24. The molecule has 14 heteroatoms. The standard InChI is InChI=1S/C12H20N2O9P2S/c1-3-24(17,26)23-9-4-8(6-21-25(18,19)20)22-11(9)14-5-7(2)10(15)13-12(14)16/h5,8-9,11H,3-4,6H2,1-2H3,(H,17,26)(H,13,15,16)(H2,18,19,20)/t8-,9-,11+,24?/m0/s1. The number of aromatic amines is 1. The van der Waals surface area contributed by atoms with Gasteiger partial charge in [-0.05, 0) is 18.7 Å². The minimum atomic E-state index is -4.70. The van der Waals surface area contributed by atoms with Crippen LogP contribution >= 0.6 is 14.3 Å². The summed E-state index contributed by atoms with van der Waals surface area (Å²) < 4.78 is 27.6. The molecular formula is C12H20N2O9P2S. The van der Waals surface area contributed by atoms with Crippen molar-refractivity contribution in [2.75, 3.05) is 12.8 Å². The predicted molar refractivity (Wildman–Crippen MR) is 94.5 cm³/mol. The Balaban J connectivity index is 2.31. The molecule has 1 aliphatic heterocycles. The maximum absolute atomic E-state index is 12.1. The summed E-state index contributed by atoms with van der Waals surface area (Å²) in [6.07, 6.45) is -1.18. The van der Waals surface area contributed by atoms with Gasteiger partial charge in [-0.3, -0.25) is 18.9 Å². The van der Waals surface area contributed by atoms with Crippen LogP contribution in [0.5, 0.6) is 0 Å². The molecule has 0 aromatic carbocycles. The molecule has 0 radical (unpaired) electrons. The van der Waals surface area contributed by atoms with E-state index in [0.29, 0.717) is 0 Å². The summed E-state index contributed by atoms with van der Waals surface area (Å²) in [6.45, 7) is -0.424. The maximum atomic E-state index is 12.1. The second-order valence-electron chi connectivity index (χ2n) is 5.75. The zero-order chi connectivity index (χ0) is 19.7. The topological polar surface area (TPSA) is 160 Å². The molecule has 148 valence electrons. The number of nitrogens with zero attached hydrogens (tertiary/aromatic N) is 1. The fourth-order valence-electron chi connectivity index (χ4n) is 2.40. The number of phosphoric acid groups is 1. The molecule has 2 heterocycles. The summed E-state index contributed by atoms with van der Waals surface area (Å²) in [4.78, 5) is 53.5. The van der Waals surface area contributed by atoms with Gasteiger partial charge in [0.05, 0.1) is 12.7 Å². The number of H-pyrrole nitrogens is 1. The number of hydrogen-bond donors (Lipinski definition) is 4. The lowest BCUT2D eigenvalue weighted by atomic mass is 10.2. The van der Waals surface area contributed by atoms with Crippen LogP contribution in [0.25, 0.3) is 0 Å². The van der Waals surface area contributed by atoms with Crippen molar-refractivity contribution >= 4 is 26.1 Å². The average molecular weight is 430 g/mol. The summed E-state index contributed by atoms with van der Waals surface area (Å²) in [7, 11) is -4.70. The van der Waals surface area contributed by atoms with Crippen molar-refractivity contribution in [1.82, 2.24) is 9.55 Å². The van der Waals surface area contributed by atoms with Crippen LogP contribution in [-0.2, 0) is 30.2 Å². The first kappa shape index (κ1) is 21.6. The van der Waals surface area contributed by atoms with E-state index in [9.17, 15) is 19.0 Å². The van der Waals surface area contributed by atoms with Crippen LogP contribution in [0.4, 0.5) is 0 Å². The number of rotatable bonds is 7. The van der Waals surface area contributed by atoms with Gasteiger partial charge in [-0.25, -0.2) is 9.36 Å². The van der Waals surface area contributed by atoms with Gasteiger partial charge in [0.25, 0.3) is 5.56 Å². The third kappa shape index (κ3) is 5.66. The van der Waals surface area contributed by atoms with E-state index in [0.717, 1.165) is 4.57 Å². The lowest BCUT2D eigenvalue weighted by Crippen LogP contribution is -2.36. The number of aromatic nitrogens is 2. The van der Waals surface area contributed by atoms with E-state index in [1.54, 1.807) is 6.92 Å². The zero-order valence-electron chi connectivity index (χ0n) is 14.0. The third-order valence-electron chi connectivity index (χ3n) is 3.69. The second kappa shape index (κ2) is 8.14. The van der Waals surface area contributed by atoms with Crippen molar-refractivity contribution in [1.29, 1.82) is 0 Å². The molecule has 1 aliphatic rings. The van der Waals surface area contributed by atoms with Crippen LogP contribution in [0.2, 0.25) is 0 Å². The third-order valence-corrected chi connectivity index (χ3v) is 6.61. The Labute approximate surface area is 153 Å². The molecular weight excluding hydrogens is 410 g/mol. The van der Waals surface area contributed by atoms with Crippen LogP contribution in [-0.4, -0.2) is 49.2 Å². The molecule has 0 aliphatic carbocycles. The van der Waals surface area contributed by atoms with Gasteiger partial charge in [-0.1, -0.05) is 6.92 Å². The number of aryl methyl sites for hydroxylation is 1. The molecule has 0 amide bonds. The molecule has 1 aromatic heterocycles. The Hall–Kier alpha value is -0.680. The normalized spacial score (nSPS) is 26.0. The van der Waals surface area contributed by atoms with E-state index in [1.165, 1.54) is 13.1 Å². The molecule has 1 aromatic rings. The van der Waals surface area contributed by atoms with Gasteiger partial charge in [-0.15, -0.1) is 0 Å². The molecule has 0 bridgehead atoms. The van der Waals surface area contributed by atoms with Crippen molar-refractivity contribution < 1.29 is 33.0 Å². The van der Waals surface area contributed by atoms with E-state index in [1.807, 2.05) is 0 Å². The highest BCUT2D eigenvalue weighted by atomic mass is 32.5. The molecule has 0 spiro atoms. The average Bonchev–Trinajstić information content (AvgIpc) is 2.90. The first-order valence-electron chi connectivity index (χ1n) is 7.59. The fourth-order valence-corrected chi connectivity index (χ4v) is 3.86. The SMILES string of the molecule is CCP(O)(=S)O[C@H]1C[C@@H](COP(=O)(O)O)O[C@H]1n1cc(C)c(=O)[nH]c1=O. The van der Waals surface area contributed by atoms with Gasteiger partial charge in [0.1, 0.15) is 6.10 Å². The minimum absolute atomic E-state index is 0.0776. The summed E-state index contributed by atoms with van der Waals surface area (Å²) in [5, 5.41) is 0. The highest BCUT2D eigenvalue weighted by molar-refractivity contribution is 8.09. The molecule has 0 saturated carbocycles. The smallest absolute Gasteiger partial charge is 0.349 e. The second-order valence-corrected chi connectivity index (χ2v) is 10.8. The summed E-state index contributed by atoms with van der Waals surface area (Å²) in [5.41, 5.74) is -1.05. The van der Waals surface area contributed by atoms with E-state index >= 15 is 0 Å². The summed E-state index contributed by atoms with van der Waals surface area (Å²) >= 11 is 5.01. The molecule has 1 unspecified atom stereocenters. The Morgan fingerprint density at radius 1 is 1.42 bits per heavy atom. The van der Waals surface area contributed by atoms with Gasteiger partial charge in [0.15, 0.2) is 12.7 Å². The van der Waals surface area contributed by atoms with Gasteiger partial charge in [0.2, 0.25) is 0 Å². The van der Waals surface area contributed by atoms with Crippen molar-refractivity contribution in [3.8, 4) is 0 Å². The fraction of sp³-hybridized carbons (Fsp3) is 0.667. The molecule has 2 rings (SSSR count). The van der Waals surface area contributed by atoms with Gasteiger partial charge < -0.3 is 23.9 Å². The largest absolute Gasteiger partial charge is 0.469 e. The van der Waals surface area contributed by atoms with E-state index in [2.05, 4.69) is 9.51 Å². The van der Waals surface area contributed by atoms with Crippen molar-refractivity contribution in [3.05, 3.63) is 32.6 Å². The van der Waals surface area contributed by atoms with E-state index in [4.69, 9.17) is 30.9 Å². The Bertz CT molecular complexity index is 863. The van der Waals surface area contributed by atoms with Crippen LogP contribution in [0.3, 0.4) is 0 Å². The minimum Gasteiger partial charge on any atom is -0.349 e. The molecule has 11 nitrogen and oxygen atoms in total. The first-order valence-corrected chi connectivity index (χ1v) is 12.0. The molecule has 4 N–H and O–H groups in total. The number of hydrogen-bond acceptors (Lipinski definition) is 7. The van der Waals surface area contributed by atoms with Crippen LogP contribution in [0.15, 0.2) is 15.8 Å². The Morgan fingerprint density at radius 3 is 2.65 bits per heavy atom.